The molecule has 1 aliphatic carbocycles. The molecule has 0 spiro atoms. The van der Waals surface area contributed by atoms with Crippen LogP contribution < -0.4 is 0 Å². The van der Waals surface area contributed by atoms with E-state index in [1.54, 1.807) is 27.7 Å². The van der Waals surface area contributed by atoms with Crippen molar-refractivity contribution < 1.29 is 28.0 Å². The van der Waals surface area contributed by atoms with Crippen LogP contribution in [0.25, 0.3) is 0 Å². The second-order valence-electron chi connectivity index (χ2n) is 8.78. The van der Waals surface area contributed by atoms with Crippen LogP contribution in [0.4, 0.5) is 0 Å². The molecule has 160 valence electrons. The van der Waals surface area contributed by atoms with Gasteiger partial charge in [0.2, 0.25) is 5.91 Å². The summed E-state index contributed by atoms with van der Waals surface area (Å²) in [6, 6.07) is 0. The second kappa shape index (κ2) is 6.97. The van der Waals surface area contributed by atoms with Gasteiger partial charge in [-0.3, -0.25) is 4.79 Å². The van der Waals surface area contributed by atoms with Gasteiger partial charge in [0.25, 0.3) is 0 Å². The molecule has 1 amide bonds. The third-order valence-corrected chi connectivity index (χ3v) is 9.78. The number of aliphatic carboxylic acids is 1. The quantitative estimate of drug-likeness (QED) is 0.626. The van der Waals surface area contributed by atoms with Gasteiger partial charge in [0.15, 0.2) is 15.9 Å². The molecule has 0 aromatic heterocycles. The molecule has 1 fully saturated rings. The number of nitrogens with zero attached hydrogens (tertiary/aromatic N) is 2. The predicted octanol–water partition coefficient (Wildman–Crippen LogP) is 2.07. The fourth-order valence-electron chi connectivity index (χ4n) is 4.16. The molecule has 2 aliphatic heterocycles. The molecule has 1 atom stereocenters. The van der Waals surface area contributed by atoms with E-state index in [1.807, 2.05) is 0 Å². The normalized spacial score (nSPS) is 24.3. The van der Waals surface area contributed by atoms with Crippen LogP contribution in [0.1, 0.15) is 53.4 Å². The Morgan fingerprint density at radius 2 is 2.00 bits per heavy atom. The largest absolute Gasteiger partial charge is 0.478 e. The smallest absolute Gasteiger partial charge is 0.335 e. The standard InChI is InChI=1S/C20H28N2O6S/c1-12-10-16(28-21-12)19(4,5)29(26,27)20(7-8-20)11-22-9-6-15(13(2)17(22)23)14(3)18(24)25/h16H,3,6-11H2,1-2,4-5H3,(H,24,25). The summed E-state index contributed by atoms with van der Waals surface area (Å²) >= 11 is 0. The van der Waals surface area contributed by atoms with Gasteiger partial charge in [-0.1, -0.05) is 11.7 Å². The van der Waals surface area contributed by atoms with Gasteiger partial charge < -0.3 is 14.8 Å². The fraction of sp³-hybridized carbons (Fsp3) is 0.650. The number of carbonyl (C=O) groups excluding carboxylic acids is 1. The van der Waals surface area contributed by atoms with Gasteiger partial charge in [0, 0.05) is 25.1 Å². The third kappa shape index (κ3) is 3.39. The monoisotopic (exact) mass is 424 g/mol. The van der Waals surface area contributed by atoms with Crippen molar-refractivity contribution in [3.63, 3.8) is 0 Å². The van der Waals surface area contributed by atoms with Crippen molar-refractivity contribution >= 4 is 27.4 Å². The molecular formula is C20H28N2O6S. The number of rotatable bonds is 7. The molecule has 0 saturated heterocycles. The SMILES string of the molecule is C=C(C(=O)O)C1=C(C)C(=O)N(CC2(S(=O)(=O)C(C)(C)C3CC(C)=NO3)CC2)CC1. The minimum atomic E-state index is -3.64. The van der Waals surface area contributed by atoms with Gasteiger partial charge >= 0.3 is 5.97 Å². The molecule has 9 heteroatoms. The summed E-state index contributed by atoms with van der Waals surface area (Å²) in [4.78, 5) is 31.0. The van der Waals surface area contributed by atoms with Crippen LogP contribution in [0.15, 0.2) is 28.5 Å². The summed E-state index contributed by atoms with van der Waals surface area (Å²) in [6.07, 6.45) is 1.25. The molecule has 3 rings (SSSR count). The first-order valence-electron chi connectivity index (χ1n) is 9.69. The number of sulfone groups is 1. The first kappa shape index (κ1) is 21.5. The summed E-state index contributed by atoms with van der Waals surface area (Å²) in [7, 11) is -3.64. The lowest BCUT2D eigenvalue weighted by atomic mass is 9.94. The number of carboxylic acids is 1. The minimum absolute atomic E-state index is 0.0841. The Balaban J connectivity index is 1.81. The summed E-state index contributed by atoms with van der Waals surface area (Å²) in [6.45, 7) is 10.6. The van der Waals surface area contributed by atoms with Crippen molar-refractivity contribution in [3.8, 4) is 0 Å². The van der Waals surface area contributed by atoms with Crippen LogP contribution in [0.2, 0.25) is 0 Å². The zero-order chi connectivity index (χ0) is 21.8. The first-order valence-corrected chi connectivity index (χ1v) is 11.2. The van der Waals surface area contributed by atoms with E-state index < -0.39 is 31.4 Å². The Morgan fingerprint density at radius 1 is 1.38 bits per heavy atom. The highest BCUT2D eigenvalue weighted by molar-refractivity contribution is 7.94. The van der Waals surface area contributed by atoms with E-state index in [2.05, 4.69) is 11.7 Å². The van der Waals surface area contributed by atoms with E-state index in [9.17, 15) is 18.0 Å². The van der Waals surface area contributed by atoms with Crippen molar-refractivity contribution in [1.29, 1.82) is 0 Å². The number of hydrogen-bond acceptors (Lipinski definition) is 6. The molecule has 0 aromatic rings. The average molecular weight is 425 g/mol. The zero-order valence-electron chi connectivity index (χ0n) is 17.3. The van der Waals surface area contributed by atoms with Crippen molar-refractivity contribution in [2.24, 2.45) is 5.16 Å². The maximum atomic E-state index is 13.6. The van der Waals surface area contributed by atoms with Gasteiger partial charge in [-0.2, -0.15) is 0 Å². The lowest BCUT2D eigenvalue weighted by Gasteiger charge is -2.37. The van der Waals surface area contributed by atoms with Crippen LogP contribution in [-0.2, 0) is 24.3 Å². The Kier molecular flexibility index (Phi) is 5.18. The molecular weight excluding hydrogens is 396 g/mol. The molecule has 29 heavy (non-hydrogen) atoms. The van der Waals surface area contributed by atoms with Crippen LogP contribution in [0.5, 0.6) is 0 Å². The van der Waals surface area contributed by atoms with E-state index in [0.717, 1.165) is 5.71 Å². The number of hydrogen-bond donors (Lipinski definition) is 1. The molecule has 3 aliphatic rings. The van der Waals surface area contributed by atoms with Crippen molar-refractivity contribution in [1.82, 2.24) is 4.90 Å². The minimum Gasteiger partial charge on any atom is -0.478 e. The van der Waals surface area contributed by atoms with Crippen molar-refractivity contribution in [2.75, 3.05) is 13.1 Å². The maximum absolute atomic E-state index is 13.6. The summed E-state index contributed by atoms with van der Waals surface area (Å²) in [5.74, 6) is -1.48. The van der Waals surface area contributed by atoms with Gasteiger partial charge in [0.1, 0.15) is 4.75 Å². The highest BCUT2D eigenvalue weighted by atomic mass is 32.2. The zero-order valence-corrected chi connectivity index (χ0v) is 18.1. The first-order chi connectivity index (χ1) is 13.3. The van der Waals surface area contributed by atoms with E-state index in [0.29, 0.717) is 36.8 Å². The van der Waals surface area contributed by atoms with E-state index >= 15 is 0 Å². The highest BCUT2D eigenvalue weighted by Gasteiger charge is 2.63. The number of carbonyl (C=O) groups is 2. The highest BCUT2D eigenvalue weighted by Crippen LogP contribution is 2.51. The van der Waals surface area contributed by atoms with Crippen molar-refractivity contribution in [2.45, 2.75) is 69.0 Å². The summed E-state index contributed by atoms with van der Waals surface area (Å²) < 4.78 is 25.0. The molecule has 0 radical (unpaired) electrons. The van der Waals surface area contributed by atoms with E-state index in [1.165, 1.54) is 4.90 Å². The molecule has 2 heterocycles. The Bertz CT molecular complexity index is 940. The van der Waals surface area contributed by atoms with Gasteiger partial charge in [-0.25, -0.2) is 13.2 Å². The molecule has 0 bridgehead atoms. The Labute approximate surface area is 171 Å². The van der Waals surface area contributed by atoms with Crippen LogP contribution in [0, 0.1) is 0 Å². The molecule has 1 unspecified atom stereocenters. The molecule has 0 aromatic carbocycles. The van der Waals surface area contributed by atoms with Gasteiger partial charge in [0.05, 0.1) is 16.0 Å². The van der Waals surface area contributed by atoms with Crippen LogP contribution in [0.3, 0.4) is 0 Å². The van der Waals surface area contributed by atoms with Crippen LogP contribution >= 0.6 is 0 Å². The third-order valence-electron chi connectivity index (χ3n) is 6.46. The lowest BCUT2D eigenvalue weighted by molar-refractivity contribution is -0.132. The average Bonchev–Trinajstić information content (AvgIpc) is 3.30. The maximum Gasteiger partial charge on any atom is 0.335 e. The fourth-order valence-corrected chi connectivity index (χ4v) is 6.71. The van der Waals surface area contributed by atoms with E-state index in [4.69, 9.17) is 9.94 Å². The number of amides is 1. The molecule has 8 nitrogen and oxygen atoms in total. The topological polar surface area (TPSA) is 113 Å². The Morgan fingerprint density at radius 3 is 2.48 bits per heavy atom. The summed E-state index contributed by atoms with van der Waals surface area (Å²) in [5, 5.41) is 13.1. The Hall–Kier alpha value is -2.16. The van der Waals surface area contributed by atoms with Crippen molar-refractivity contribution in [3.05, 3.63) is 23.3 Å². The lowest BCUT2D eigenvalue weighted by Crippen LogP contribution is -2.54. The molecule has 1 saturated carbocycles. The predicted molar refractivity (Wildman–Crippen MR) is 108 cm³/mol. The molecule has 1 N–H and O–H groups in total. The van der Waals surface area contributed by atoms with Crippen LogP contribution in [-0.4, -0.2) is 64.7 Å². The van der Waals surface area contributed by atoms with E-state index in [-0.39, 0.29) is 24.6 Å². The second-order valence-corrected chi connectivity index (χ2v) is 11.7. The van der Waals surface area contributed by atoms with Gasteiger partial charge in [-0.15, -0.1) is 0 Å². The summed E-state index contributed by atoms with van der Waals surface area (Å²) in [5.41, 5.74) is 1.43. The van der Waals surface area contributed by atoms with Gasteiger partial charge in [-0.05, 0) is 52.5 Å². The number of oxime groups is 1. The number of carboxylic acid groups (broad SMARTS) is 1.